The Kier molecular flexibility index (Phi) is 7.23. The summed E-state index contributed by atoms with van der Waals surface area (Å²) in [6.45, 7) is 5.10. The molecule has 0 aliphatic carbocycles. The molecule has 0 bridgehead atoms. The Bertz CT molecular complexity index is 968. The highest BCUT2D eigenvalue weighted by Gasteiger charge is 2.15. The van der Waals surface area contributed by atoms with E-state index in [0.29, 0.717) is 18.0 Å². The van der Waals surface area contributed by atoms with E-state index in [4.69, 9.17) is 9.72 Å². The van der Waals surface area contributed by atoms with Gasteiger partial charge in [-0.15, -0.1) is 0 Å². The molecule has 1 heterocycles. The highest BCUT2D eigenvalue weighted by Crippen LogP contribution is 2.27. The van der Waals surface area contributed by atoms with Crippen molar-refractivity contribution >= 4 is 16.8 Å². The molecule has 0 aliphatic rings. The summed E-state index contributed by atoms with van der Waals surface area (Å²) >= 11 is 0. The molecule has 0 aliphatic heterocycles. The van der Waals surface area contributed by atoms with Gasteiger partial charge in [-0.1, -0.05) is 63.4 Å². The van der Waals surface area contributed by atoms with Gasteiger partial charge in [0.1, 0.15) is 5.75 Å². The number of ether oxygens (including phenoxy) is 1. The number of hydrogen-bond acceptors (Lipinski definition) is 3. The van der Waals surface area contributed by atoms with Crippen LogP contribution in [0.4, 0.5) is 0 Å². The maximum atomic E-state index is 13.1. The molecule has 1 atom stereocenters. The number of amides is 1. The Morgan fingerprint density at radius 2 is 1.93 bits per heavy atom. The zero-order valence-electron chi connectivity index (χ0n) is 17.6. The number of hydrogen-bond donors (Lipinski definition) is 1. The van der Waals surface area contributed by atoms with Crippen LogP contribution in [0.3, 0.4) is 0 Å². The number of carbonyl (C=O) groups excluding carboxylic acids is 1. The number of para-hydroxylation sites is 1. The molecule has 0 saturated carbocycles. The first-order valence-corrected chi connectivity index (χ1v) is 10.5. The van der Waals surface area contributed by atoms with E-state index in [0.717, 1.165) is 40.8 Å². The molecule has 1 amide bonds. The number of rotatable bonds is 9. The quantitative estimate of drug-likeness (QED) is 0.498. The van der Waals surface area contributed by atoms with Crippen molar-refractivity contribution in [3.8, 4) is 17.0 Å². The van der Waals surface area contributed by atoms with Gasteiger partial charge in [-0.3, -0.25) is 4.79 Å². The first-order valence-electron chi connectivity index (χ1n) is 10.5. The van der Waals surface area contributed by atoms with Gasteiger partial charge in [0.2, 0.25) is 0 Å². The molecule has 0 saturated heterocycles. The Labute approximate surface area is 173 Å². The molecule has 29 heavy (non-hydrogen) atoms. The lowest BCUT2D eigenvalue weighted by molar-refractivity contribution is 0.0947. The SMILES string of the molecule is CCCCC(CC)CNC(=O)c1cc(-c2cccc(OC)c2)nc2ccccc12. The summed E-state index contributed by atoms with van der Waals surface area (Å²) in [5.41, 5.74) is 3.18. The van der Waals surface area contributed by atoms with Crippen LogP contribution in [0.15, 0.2) is 54.6 Å². The number of pyridine rings is 1. The predicted molar refractivity (Wildman–Crippen MR) is 119 cm³/mol. The van der Waals surface area contributed by atoms with Gasteiger partial charge >= 0.3 is 0 Å². The molecule has 3 rings (SSSR count). The Hall–Kier alpha value is -2.88. The molecular formula is C25H30N2O2. The maximum absolute atomic E-state index is 13.1. The fourth-order valence-electron chi connectivity index (χ4n) is 3.57. The molecular weight excluding hydrogens is 360 g/mol. The van der Waals surface area contributed by atoms with Gasteiger partial charge in [0.15, 0.2) is 0 Å². The van der Waals surface area contributed by atoms with Crippen LogP contribution in [-0.4, -0.2) is 24.5 Å². The van der Waals surface area contributed by atoms with E-state index in [-0.39, 0.29) is 5.91 Å². The zero-order valence-corrected chi connectivity index (χ0v) is 17.6. The highest BCUT2D eigenvalue weighted by molar-refractivity contribution is 6.07. The number of fused-ring (bicyclic) bond motifs is 1. The van der Waals surface area contributed by atoms with Crippen molar-refractivity contribution in [3.05, 3.63) is 60.2 Å². The predicted octanol–water partition coefficient (Wildman–Crippen LogP) is 5.86. The number of benzene rings is 2. The summed E-state index contributed by atoms with van der Waals surface area (Å²) in [6, 6.07) is 17.5. The van der Waals surface area contributed by atoms with Crippen molar-refractivity contribution < 1.29 is 9.53 Å². The summed E-state index contributed by atoms with van der Waals surface area (Å²) in [4.78, 5) is 17.9. The van der Waals surface area contributed by atoms with Crippen molar-refractivity contribution in [3.63, 3.8) is 0 Å². The molecule has 1 N–H and O–H groups in total. The van der Waals surface area contributed by atoms with Gasteiger partial charge in [0.05, 0.1) is 23.9 Å². The van der Waals surface area contributed by atoms with Crippen molar-refractivity contribution in [2.24, 2.45) is 5.92 Å². The molecule has 1 unspecified atom stereocenters. The van der Waals surface area contributed by atoms with E-state index in [9.17, 15) is 4.79 Å². The van der Waals surface area contributed by atoms with Crippen LogP contribution in [0, 0.1) is 5.92 Å². The summed E-state index contributed by atoms with van der Waals surface area (Å²) < 4.78 is 5.34. The molecule has 4 heteroatoms. The van der Waals surface area contributed by atoms with Crippen molar-refractivity contribution in [1.29, 1.82) is 0 Å². The molecule has 3 aromatic rings. The second-order valence-corrected chi connectivity index (χ2v) is 7.43. The smallest absolute Gasteiger partial charge is 0.252 e. The summed E-state index contributed by atoms with van der Waals surface area (Å²) in [7, 11) is 1.65. The second kappa shape index (κ2) is 10.1. The Balaban J connectivity index is 1.92. The topological polar surface area (TPSA) is 51.2 Å². The molecule has 0 fully saturated rings. The monoisotopic (exact) mass is 390 g/mol. The van der Waals surface area contributed by atoms with E-state index in [1.807, 2.05) is 54.6 Å². The Morgan fingerprint density at radius 1 is 1.10 bits per heavy atom. The van der Waals surface area contributed by atoms with Crippen molar-refractivity contribution in [2.45, 2.75) is 39.5 Å². The summed E-state index contributed by atoms with van der Waals surface area (Å²) in [5, 5.41) is 4.03. The van der Waals surface area contributed by atoms with Crippen LogP contribution in [0.1, 0.15) is 49.9 Å². The minimum absolute atomic E-state index is 0.0392. The van der Waals surface area contributed by atoms with Crippen LogP contribution in [0.5, 0.6) is 5.75 Å². The first-order chi connectivity index (χ1) is 14.2. The minimum atomic E-state index is -0.0392. The number of aromatic nitrogens is 1. The third-order valence-electron chi connectivity index (χ3n) is 5.42. The third-order valence-corrected chi connectivity index (χ3v) is 5.42. The van der Waals surface area contributed by atoms with Crippen molar-refractivity contribution in [2.75, 3.05) is 13.7 Å². The van der Waals surface area contributed by atoms with E-state index < -0.39 is 0 Å². The molecule has 152 valence electrons. The van der Waals surface area contributed by atoms with Gasteiger partial charge in [-0.25, -0.2) is 4.98 Å². The zero-order chi connectivity index (χ0) is 20.6. The average Bonchev–Trinajstić information content (AvgIpc) is 2.78. The van der Waals surface area contributed by atoms with Crippen LogP contribution in [-0.2, 0) is 0 Å². The van der Waals surface area contributed by atoms with Crippen LogP contribution in [0.25, 0.3) is 22.2 Å². The summed E-state index contributed by atoms with van der Waals surface area (Å²) in [6.07, 6.45) is 4.61. The number of nitrogens with zero attached hydrogens (tertiary/aromatic N) is 1. The molecule has 1 aromatic heterocycles. The summed E-state index contributed by atoms with van der Waals surface area (Å²) in [5.74, 6) is 1.25. The number of nitrogens with one attached hydrogen (secondary N) is 1. The standard InChI is InChI=1S/C25H30N2O2/c1-4-6-10-18(5-2)17-26-25(28)22-16-24(19-11-9-12-20(15-19)29-3)27-23-14-8-7-13-21(22)23/h7-9,11-16,18H,4-6,10,17H2,1-3H3,(H,26,28). The molecule has 2 aromatic carbocycles. The van der Waals surface area contributed by atoms with E-state index in [2.05, 4.69) is 19.2 Å². The molecule has 0 spiro atoms. The van der Waals surface area contributed by atoms with E-state index in [1.54, 1.807) is 7.11 Å². The fourth-order valence-corrected chi connectivity index (χ4v) is 3.57. The van der Waals surface area contributed by atoms with Crippen LogP contribution < -0.4 is 10.1 Å². The van der Waals surface area contributed by atoms with Gasteiger partial charge in [-0.2, -0.15) is 0 Å². The normalized spacial score (nSPS) is 12.0. The first kappa shape index (κ1) is 20.8. The lowest BCUT2D eigenvalue weighted by Gasteiger charge is -2.16. The highest BCUT2D eigenvalue weighted by atomic mass is 16.5. The molecule has 0 radical (unpaired) electrons. The second-order valence-electron chi connectivity index (χ2n) is 7.43. The third kappa shape index (κ3) is 5.14. The maximum Gasteiger partial charge on any atom is 0.252 e. The number of unbranched alkanes of at least 4 members (excludes halogenated alkanes) is 1. The van der Waals surface area contributed by atoms with Gasteiger partial charge in [0, 0.05) is 17.5 Å². The van der Waals surface area contributed by atoms with Gasteiger partial charge in [-0.05, 0) is 36.6 Å². The lowest BCUT2D eigenvalue weighted by atomic mass is 9.99. The minimum Gasteiger partial charge on any atom is -0.497 e. The van der Waals surface area contributed by atoms with E-state index in [1.165, 1.54) is 12.8 Å². The molecule has 4 nitrogen and oxygen atoms in total. The Morgan fingerprint density at radius 3 is 2.69 bits per heavy atom. The number of carbonyl (C=O) groups is 1. The van der Waals surface area contributed by atoms with Gasteiger partial charge < -0.3 is 10.1 Å². The van der Waals surface area contributed by atoms with Crippen LogP contribution >= 0.6 is 0 Å². The van der Waals surface area contributed by atoms with Crippen LogP contribution in [0.2, 0.25) is 0 Å². The largest absolute Gasteiger partial charge is 0.497 e. The van der Waals surface area contributed by atoms with Gasteiger partial charge in [0.25, 0.3) is 5.91 Å². The average molecular weight is 391 g/mol. The van der Waals surface area contributed by atoms with Crippen molar-refractivity contribution in [1.82, 2.24) is 10.3 Å². The number of methoxy groups -OCH3 is 1. The fraction of sp³-hybridized carbons (Fsp3) is 0.360. The van der Waals surface area contributed by atoms with E-state index >= 15 is 0 Å². The lowest BCUT2D eigenvalue weighted by Crippen LogP contribution is -2.29.